The lowest BCUT2D eigenvalue weighted by molar-refractivity contribution is 0.0870. The molecule has 0 unspecified atom stereocenters. The van der Waals surface area contributed by atoms with E-state index in [1.807, 2.05) is 13.8 Å². The molecule has 17 heavy (non-hydrogen) atoms. The Labute approximate surface area is 103 Å². The molecule has 1 heterocycles. The van der Waals surface area contributed by atoms with Crippen LogP contribution in [0.3, 0.4) is 0 Å². The predicted octanol–water partition coefficient (Wildman–Crippen LogP) is 2.14. The molecule has 0 aliphatic rings. The number of hydrogen-bond acceptors (Lipinski definition) is 5. The molecular formula is C12H22N4O. The van der Waals surface area contributed by atoms with Gasteiger partial charge in [0, 0.05) is 13.1 Å². The predicted molar refractivity (Wildman–Crippen MR) is 70.4 cm³/mol. The van der Waals surface area contributed by atoms with E-state index < -0.39 is 0 Å². The fourth-order valence-corrected chi connectivity index (χ4v) is 1.26. The molecule has 1 aromatic rings. The summed E-state index contributed by atoms with van der Waals surface area (Å²) < 4.78 is 5.43. The van der Waals surface area contributed by atoms with Crippen molar-refractivity contribution in [2.24, 2.45) is 0 Å². The normalized spacial score (nSPS) is 10.6. The third-order valence-corrected chi connectivity index (χ3v) is 2.05. The van der Waals surface area contributed by atoms with Gasteiger partial charge in [-0.1, -0.05) is 6.92 Å². The van der Waals surface area contributed by atoms with Gasteiger partial charge < -0.3 is 15.4 Å². The lowest BCUT2D eigenvalue weighted by Gasteiger charge is -2.10. The van der Waals surface area contributed by atoms with Crippen molar-refractivity contribution in [2.45, 2.75) is 33.3 Å². The van der Waals surface area contributed by atoms with Gasteiger partial charge in [-0.3, -0.25) is 4.98 Å². The fourth-order valence-electron chi connectivity index (χ4n) is 1.26. The number of nitrogens with zero attached hydrogens (tertiary/aromatic N) is 2. The lowest BCUT2D eigenvalue weighted by atomic mass is 10.5. The SMILES string of the molecule is CCCNc1cncc(NCCOC(C)C)n1. The average Bonchev–Trinajstić information content (AvgIpc) is 2.32. The molecule has 5 nitrogen and oxygen atoms in total. The minimum atomic E-state index is 0.264. The average molecular weight is 238 g/mol. The van der Waals surface area contributed by atoms with Gasteiger partial charge in [0.15, 0.2) is 0 Å². The summed E-state index contributed by atoms with van der Waals surface area (Å²) in [7, 11) is 0. The van der Waals surface area contributed by atoms with Crippen molar-refractivity contribution in [3.63, 3.8) is 0 Å². The maximum Gasteiger partial charge on any atom is 0.147 e. The van der Waals surface area contributed by atoms with Crippen LogP contribution >= 0.6 is 0 Å². The first-order chi connectivity index (χ1) is 8.22. The van der Waals surface area contributed by atoms with Gasteiger partial charge in [0.2, 0.25) is 0 Å². The molecule has 1 aromatic heterocycles. The van der Waals surface area contributed by atoms with Gasteiger partial charge in [-0.2, -0.15) is 0 Å². The summed E-state index contributed by atoms with van der Waals surface area (Å²) in [6, 6.07) is 0. The van der Waals surface area contributed by atoms with E-state index in [0.717, 1.165) is 31.1 Å². The van der Waals surface area contributed by atoms with Gasteiger partial charge in [0.1, 0.15) is 11.6 Å². The Kier molecular flexibility index (Phi) is 6.32. The highest BCUT2D eigenvalue weighted by atomic mass is 16.5. The number of anilines is 2. The highest BCUT2D eigenvalue weighted by Crippen LogP contribution is 2.06. The van der Waals surface area contributed by atoms with E-state index in [2.05, 4.69) is 27.5 Å². The molecule has 5 heteroatoms. The quantitative estimate of drug-likeness (QED) is 0.679. The summed E-state index contributed by atoms with van der Waals surface area (Å²) in [5, 5.41) is 6.38. The zero-order valence-corrected chi connectivity index (χ0v) is 10.9. The first kappa shape index (κ1) is 13.7. The van der Waals surface area contributed by atoms with E-state index >= 15 is 0 Å². The monoisotopic (exact) mass is 238 g/mol. The van der Waals surface area contributed by atoms with Crippen LogP contribution in [0.4, 0.5) is 11.6 Å². The van der Waals surface area contributed by atoms with Crippen LogP contribution in [0.15, 0.2) is 12.4 Å². The highest BCUT2D eigenvalue weighted by molar-refractivity contribution is 5.41. The molecular weight excluding hydrogens is 216 g/mol. The van der Waals surface area contributed by atoms with Crippen LogP contribution in [0.5, 0.6) is 0 Å². The lowest BCUT2D eigenvalue weighted by Crippen LogP contribution is -2.14. The van der Waals surface area contributed by atoms with Crippen molar-refractivity contribution in [3.05, 3.63) is 12.4 Å². The molecule has 0 aliphatic carbocycles. The molecule has 0 radical (unpaired) electrons. The molecule has 0 spiro atoms. The van der Waals surface area contributed by atoms with Gasteiger partial charge in [-0.05, 0) is 20.3 Å². The maximum atomic E-state index is 5.43. The molecule has 2 N–H and O–H groups in total. The number of aromatic nitrogens is 2. The summed E-state index contributed by atoms with van der Waals surface area (Å²) in [6.07, 6.45) is 4.78. The number of rotatable bonds is 8. The standard InChI is InChI=1S/C12H22N4O/c1-4-5-14-11-8-13-9-12(16-11)15-6-7-17-10(2)3/h8-10H,4-7H2,1-3H3,(H2,14,15,16). The topological polar surface area (TPSA) is 59.1 Å². The van der Waals surface area contributed by atoms with Crippen LogP contribution in [0.2, 0.25) is 0 Å². The molecule has 0 saturated carbocycles. The van der Waals surface area contributed by atoms with Gasteiger partial charge in [-0.15, -0.1) is 0 Å². The fraction of sp³-hybridized carbons (Fsp3) is 0.667. The van der Waals surface area contributed by atoms with E-state index in [0.29, 0.717) is 6.61 Å². The molecule has 0 aromatic carbocycles. The van der Waals surface area contributed by atoms with E-state index in [1.165, 1.54) is 0 Å². The van der Waals surface area contributed by atoms with Crippen molar-refractivity contribution < 1.29 is 4.74 Å². The Morgan fingerprint density at radius 3 is 2.41 bits per heavy atom. The van der Waals surface area contributed by atoms with Gasteiger partial charge in [0.25, 0.3) is 0 Å². The minimum Gasteiger partial charge on any atom is -0.377 e. The first-order valence-corrected chi connectivity index (χ1v) is 6.13. The Morgan fingerprint density at radius 2 is 1.82 bits per heavy atom. The molecule has 0 atom stereocenters. The zero-order valence-electron chi connectivity index (χ0n) is 10.9. The Morgan fingerprint density at radius 1 is 1.18 bits per heavy atom. The van der Waals surface area contributed by atoms with Crippen LogP contribution in [0, 0.1) is 0 Å². The zero-order chi connectivity index (χ0) is 12.5. The summed E-state index contributed by atoms with van der Waals surface area (Å²) >= 11 is 0. The van der Waals surface area contributed by atoms with E-state index in [1.54, 1.807) is 12.4 Å². The second-order valence-corrected chi connectivity index (χ2v) is 4.06. The molecule has 0 fully saturated rings. The maximum absolute atomic E-state index is 5.43. The molecule has 0 bridgehead atoms. The third kappa shape index (κ3) is 6.06. The van der Waals surface area contributed by atoms with Crippen LogP contribution in [0.25, 0.3) is 0 Å². The van der Waals surface area contributed by atoms with Crippen LogP contribution in [-0.4, -0.2) is 35.8 Å². The van der Waals surface area contributed by atoms with Gasteiger partial charge in [0.05, 0.1) is 25.1 Å². The number of nitrogens with one attached hydrogen (secondary N) is 2. The minimum absolute atomic E-state index is 0.264. The van der Waals surface area contributed by atoms with E-state index in [-0.39, 0.29) is 6.10 Å². The molecule has 0 saturated heterocycles. The van der Waals surface area contributed by atoms with E-state index in [9.17, 15) is 0 Å². The van der Waals surface area contributed by atoms with Gasteiger partial charge >= 0.3 is 0 Å². The number of ether oxygens (including phenoxy) is 1. The molecule has 0 aliphatic heterocycles. The Hall–Kier alpha value is -1.36. The molecule has 0 amide bonds. The third-order valence-electron chi connectivity index (χ3n) is 2.05. The largest absolute Gasteiger partial charge is 0.377 e. The van der Waals surface area contributed by atoms with Crippen molar-refractivity contribution in [1.29, 1.82) is 0 Å². The summed E-state index contributed by atoms with van der Waals surface area (Å²) in [4.78, 5) is 8.51. The van der Waals surface area contributed by atoms with E-state index in [4.69, 9.17) is 4.74 Å². The summed E-state index contributed by atoms with van der Waals surface area (Å²) in [5.41, 5.74) is 0. The molecule has 96 valence electrons. The van der Waals surface area contributed by atoms with Gasteiger partial charge in [-0.25, -0.2) is 4.98 Å². The number of hydrogen-bond donors (Lipinski definition) is 2. The second kappa shape index (κ2) is 7.84. The molecule has 1 rings (SSSR count). The smallest absolute Gasteiger partial charge is 0.147 e. The summed E-state index contributed by atoms with van der Waals surface area (Å²) in [5.74, 6) is 1.58. The second-order valence-electron chi connectivity index (χ2n) is 4.06. The van der Waals surface area contributed by atoms with Crippen LogP contribution in [0.1, 0.15) is 27.2 Å². The van der Waals surface area contributed by atoms with Crippen molar-refractivity contribution >= 4 is 11.6 Å². The first-order valence-electron chi connectivity index (χ1n) is 6.13. The van der Waals surface area contributed by atoms with Crippen LogP contribution in [-0.2, 0) is 4.74 Å². The van der Waals surface area contributed by atoms with Crippen molar-refractivity contribution in [2.75, 3.05) is 30.3 Å². The van der Waals surface area contributed by atoms with Crippen molar-refractivity contribution in [3.8, 4) is 0 Å². The highest BCUT2D eigenvalue weighted by Gasteiger charge is 1.98. The van der Waals surface area contributed by atoms with Crippen LogP contribution < -0.4 is 10.6 Å². The Bertz CT molecular complexity index is 317. The Balaban J connectivity index is 2.32. The van der Waals surface area contributed by atoms with Crippen molar-refractivity contribution in [1.82, 2.24) is 9.97 Å². The summed E-state index contributed by atoms with van der Waals surface area (Å²) in [6.45, 7) is 8.49.